The Morgan fingerprint density at radius 1 is 0.909 bits per heavy atom. The van der Waals surface area contributed by atoms with Crippen molar-refractivity contribution in [1.82, 2.24) is 24.5 Å². The maximum absolute atomic E-state index is 13.2. The summed E-state index contributed by atoms with van der Waals surface area (Å²) in [6.45, 7) is 4.07. The standard InChI is InChI=1S/C25H24ClN5O2/c26-21-10-8-20(9-11-21)24-27-23(33-28-24)18-29-13-15-30(16-14-29)25(32)22-7-4-12-31(22)17-19-5-2-1-3-6-19/h1-12H,13-18H2. The van der Waals surface area contributed by atoms with Crippen molar-refractivity contribution in [2.75, 3.05) is 26.2 Å². The first kappa shape index (κ1) is 21.4. The molecular weight excluding hydrogens is 438 g/mol. The molecule has 3 heterocycles. The van der Waals surface area contributed by atoms with Crippen molar-refractivity contribution in [3.63, 3.8) is 0 Å². The molecule has 1 saturated heterocycles. The van der Waals surface area contributed by atoms with E-state index in [0.717, 1.165) is 24.3 Å². The first-order chi connectivity index (χ1) is 16.2. The Hall–Kier alpha value is -3.42. The fraction of sp³-hybridized carbons (Fsp3) is 0.240. The largest absolute Gasteiger partial charge is 0.339 e. The second-order valence-corrected chi connectivity index (χ2v) is 8.53. The Kier molecular flexibility index (Phi) is 6.24. The monoisotopic (exact) mass is 461 g/mol. The summed E-state index contributed by atoms with van der Waals surface area (Å²) in [7, 11) is 0. The lowest BCUT2D eigenvalue weighted by atomic mass is 10.2. The molecule has 0 spiro atoms. The summed E-state index contributed by atoms with van der Waals surface area (Å²) in [6.07, 6.45) is 1.96. The predicted octanol–water partition coefficient (Wildman–Crippen LogP) is 4.20. The Bertz CT molecular complexity index is 1210. The summed E-state index contributed by atoms with van der Waals surface area (Å²) in [5.41, 5.74) is 2.75. The van der Waals surface area contributed by atoms with E-state index in [0.29, 0.717) is 42.9 Å². The summed E-state index contributed by atoms with van der Waals surface area (Å²) >= 11 is 5.94. The Morgan fingerprint density at radius 2 is 1.67 bits per heavy atom. The number of hydrogen-bond acceptors (Lipinski definition) is 5. The predicted molar refractivity (Wildman–Crippen MR) is 126 cm³/mol. The highest BCUT2D eigenvalue weighted by atomic mass is 35.5. The highest BCUT2D eigenvalue weighted by molar-refractivity contribution is 6.30. The number of halogens is 1. The van der Waals surface area contributed by atoms with Crippen LogP contribution in [-0.2, 0) is 13.1 Å². The van der Waals surface area contributed by atoms with Crippen LogP contribution in [0.25, 0.3) is 11.4 Å². The van der Waals surface area contributed by atoms with E-state index in [1.807, 2.05) is 58.1 Å². The van der Waals surface area contributed by atoms with Crippen LogP contribution in [-0.4, -0.2) is 56.6 Å². The lowest BCUT2D eigenvalue weighted by molar-refractivity contribution is 0.0605. The van der Waals surface area contributed by atoms with Gasteiger partial charge in [-0.15, -0.1) is 0 Å². The van der Waals surface area contributed by atoms with Gasteiger partial charge in [0.2, 0.25) is 11.7 Å². The number of amides is 1. The normalized spacial score (nSPS) is 14.5. The fourth-order valence-electron chi connectivity index (χ4n) is 4.02. The van der Waals surface area contributed by atoms with Gasteiger partial charge < -0.3 is 14.0 Å². The second-order valence-electron chi connectivity index (χ2n) is 8.09. The zero-order valence-electron chi connectivity index (χ0n) is 18.1. The number of carbonyl (C=O) groups is 1. The van der Waals surface area contributed by atoms with Gasteiger partial charge in [0.05, 0.1) is 6.54 Å². The Balaban J connectivity index is 1.17. The molecule has 0 radical (unpaired) electrons. The van der Waals surface area contributed by atoms with E-state index in [4.69, 9.17) is 16.1 Å². The molecule has 2 aromatic heterocycles. The average molecular weight is 462 g/mol. The molecule has 1 aliphatic rings. The van der Waals surface area contributed by atoms with Crippen LogP contribution in [0, 0.1) is 0 Å². The van der Waals surface area contributed by atoms with Crippen LogP contribution in [0.1, 0.15) is 21.9 Å². The maximum atomic E-state index is 13.2. The van der Waals surface area contributed by atoms with Crippen molar-refractivity contribution in [2.24, 2.45) is 0 Å². The number of piperazine rings is 1. The average Bonchev–Trinajstić information content (AvgIpc) is 3.50. The van der Waals surface area contributed by atoms with Crippen LogP contribution in [0.5, 0.6) is 0 Å². The molecule has 2 aromatic carbocycles. The molecule has 168 valence electrons. The lowest BCUT2D eigenvalue weighted by Crippen LogP contribution is -2.48. The van der Waals surface area contributed by atoms with Gasteiger partial charge in [-0.1, -0.05) is 47.1 Å². The molecule has 8 heteroatoms. The van der Waals surface area contributed by atoms with E-state index in [-0.39, 0.29) is 5.91 Å². The van der Waals surface area contributed by atoms with E-state index in [2.05, 4.69) is 27.2 Å². The van der Waals surface area contributed by atoms with Crippen LogP contribution in [0.15, 0.2) is 77.4 Å². The van der Waals surface area contributed by atoms with Crippen molar-refractivity contribution in [3.8, 4) is 11.4 Å². The van der Waals surface area contributed by atoms with Gasteiger partial charge in [0.1, 0.15) is 5.69 Å². The van der Waals surface area contributed by atoms with Gasteiger partial charge >= 0.3 is 0 Å². The molecule has 1 aliphatic heterocycles. The van der Waals surface area contributed by atoms with Crippen molar-refractivity contribution >= 4 is 17.5 Å². The SMILES string of the molecule is O=C(c1cccn1Cc1ccccc1)N1CCN(Cc2nc(-c3ccc(Cl)cc3)no2)CC1. The number of hydrogen-bond donors (Lipinski definition) is 0. The molecule has 33 heavy (non-hydrogen) atoms. The van der Waals surface area contributed by atoms with Crippen LogP contribution < -0.4 is 0 Å². The zero-order chi connectivity index (χ0) is 22.6. The molecule has 0 atom stereocenters. The Morgan fingerprint density at radius 3 is 2.42 bits per heavy atom. The maximum Gasteiger partial charge on any atom is 0.270 e. The van der Waals surface area contributed by atoms with Gasteiger partial charge in [-0.05, 0) is 42.0 Å². The summed E-state index contributed by atoms with van der Waals surface area (Å²) < 4.78 is 7.45. The summed E-state index contributed by atoms with van der Waals surface area (Å²) in [5, 5.41) is 4.75. The van der Waals surface area contributed by atoms with Gasteiger partial charge in [-0.25, -0.2) is 0 Å². The van der Waals surface area contributed by atoms with Crippen LogP contribution >= 0.6 is 11.6 Å². The third kappa shape index (κ3) is 4.99. The van der Waals surface area contributed by atoms with E-state index >= 15 is 0 Å². The minimum absolute atomic E-state index is 0.0680. The summed E-state index contributed by atoms with van der Waals surface area (Å²) in [5.74, 6) is 1.18. The minimum atomic E-state index is 0.0680. The number of benzene rings is 2. The van der Waals surface area contributed by atoms with Crippen LogP contribution in [0.3, 0.4) is 0 Å². The number of nitrogens with zero attached hydrogens (tertiary/aromatic N) is 5. The molecule has 0 bridgehead atoms. The van der Waals surface area contributed by atoms with Gasteiger partial charge in [0.25, 0.3) is 5.91 Å². The molecule has 0 aliphatic carbocycles. The molecule has 1 amide bonds. The topological polar surface area (TPSA) is 67.4 Å². The smallest absolute Gasteiger partial charge is 0.270 e. The summed E-state index contributed by atoms with van der Waals surface area (Å²) in [6, 6.07) is 21.4. The van der Waals surface area contributed by atoms with Crippen molar-refractivity contribution in [1.29, 1.82) is 0 Å². The quantitative estimate of drug-likeness (QED) is 0.430. The fourth-order valence-corrected chi connectivity index (χ4v) is 4.15. The second kappa shape index (κ2) is 9.60. The summed E-state index contributed by atoms with van der Waals surface area (Å²) in [4.78, 5) is 21.8. The number of rotatable bonds is 6. The van der Waals surface area contributed by atoms with Gasteiger partial charge in [-0.3, -0.25) is 9.69 Å². The van der Waals surface area contributed by atoms with Crippen LogP contribution in [0.4, 0.5) is 0 Å². The molecule has 0 saturated carbocycles. The van der Waals surface area contributed by atoms with Crippen molar-refractivity contribution in [3.05, 3.63) is 95.1 Å². The van der Waals surface area contributed by atoms with E-state index in [1.54, 1.807) is 12.1 Å². The third-order valence-electron chi connectivity index (χ3n) is 5.83. The minimum Gasteiger partial charge on any atom is -0.339 e. The van der Waals surface area contributed by atoms with E-state index in [9.17, 15) is 4.79 Å². The van der Waals surface area contributed by atoms with E-state index < -0.39 is 0 Å². The molecule has 1 fully saturated rings. The lowest BCUT2D eigenvalue weighted by Gasteiger charge is -2.34. The first-order valence-corrected chi connectivity index (χ1v) is 11.3. The van der Waals surface area contributed by atoms with Crippen molar-refractivity contribution in [2.45, 2.75) is 13.1 Å². The number of aromatic nitrogens is 3. The van der Waals surface area contributed by atoms with Gasteiger partial charge in [-0.2, -0.15) is 4.98 Å². The van der Waals surface area contributed by atoms with Gasteiger partial charge in [0, 0.05) is 49.5 Å². The van der Waals surface area contributed by atoms with E-state index in [1.165, 1.54) is 5.56 Å². The van der Waals surface area contributed by atoms with Gasteiger partial charge in [0.15, 0.2) is 0 Å². The molecule has 7 nitrogen and oxygen atoms in total. The first-order valence-electron chi connectivity index (χ1n) is 10.9. The Labute approximate surface area is 197 Å². The highest BCUT2D eigenvalue weighted by Crippen LogP contribution is 2.20. The number of carbonyl (C=O) groups excluding carboxylic acids is 1. The van der Waals surface area contributed by atoms with Crippen LogP contribution in [0.2, 0.25) is 5.02 Å². The molecule has 5 rings (SSSR count). The zero-order valence-corrected chi connectivity index (χ0v) is 18.9. The van der Waals surface area contributed by atoms with Crippen molar-refractivity contribution < 1.29 is 9.32 Å². The third-order valence-corrected chi connectivity index (χ3v) is 6.09. The highest BCUT2D eigenvalue weighted by Gasteiger charge is 2.25. The molecular formula is C25H24ClN5O2. The molecule has 0 N–H and O–H groups in total. The molecule has 4 aromatic rings. The molecule has 0 unspecified atom stereocenters.